The molecule has 1 saturated heterocycles. The second-order valence-electron chi connectivity index (χ2n) is 6.96. The second kappa shape index (κ2) is 7.33. The fourth-order valence-electron chi connectivity index (χ4n) is 3.30. The zero-order chi connectivity index (χ0) is 17.9. The topological polar surface area (TPSA) is 106 Å². The van der Waals surface area contributed by atoms with Crippen LogP contribution in [0.2, 0.25) is 0 Å². The largest absolute Gasteiger partial charge is 0.465 e. The predicted octanol–water partition coefficient (Wildman–Crippen LogP) is 2.10. The number of carboxylic acid groups (broad SMARTS) is 1. The Balaban J connectivity index is 1.25. The number of aromatic nitrogens is 3. The maximum absolute atomic E-state index is 10.9. The molecule has 2 aromatic heterocycles. The molecule has 1 unspecified atom stereocenters. The van der Waals surface area contributed by atoms with Crippen molar-refractivity contribution in [1.82, 2.24) is 25.2 Å². The minimum Gasteiger partial charge on any atom is -0.465 e. The molecular formula is C18H24N6O2. The third-order valence-electron chi connectivity index (χ3n) is 4.93. The highest BCUT2D eigenvalue weighted by Crippen LogP contribution is 2.39. The Kier molecular flexibility index (Phi) is 4.75. The number of hydrogen-bond acceptors (Lipinski definition) is 5. The lowest BCUT2D eigenvalue weighted by Gasteiger charge is -2.14. The number of likely N-dealkylation sites (tertiary alicyclic amines) is 1. The number of nitrogens with zero attached hydrogens (tertiary/aromatic N) is 3. The molecule has 8 nitrogen and oxygen atoms in total. The predicted molar refractivity (Wildman–Crippen MR) is 98.3 cm³/mol. The van der Waals surface area contributed by atoms with E-state index in [0.717, 1.165) is 36.8 Å². The third kappa shape index (κ3) is 3.96. The summed E-state index contributed by atoms with van der Waals surface area (Å²) in [6.07, 6.45) is 4.43. The SMILES string of the molecule is O=C(O)N1CCC(NCCNc2cccc(-c3ncc(C4CC4)[nH]3)n2)C1. The van der Waals surface area contributed by atoms with E-state index in [2.05, 4.69) is 25.6 Å². The minimum absolute atomic E-state index is 0.233. The smallest absolute Gasteiger partial charge is 0.407 e. The van der Waals surface area contributed by atoms with E-state index >= 15 is 0 Å². The van der Waals surface area contributed by atoms with Gasteiger partial charge in [-0.15, -0.1) is 0 Å². The van der Waals surface area contributed by atoms with Gasteiger partial charge in [0.05, 0.1) is 0 Å². The molecule has 4 N–H and O–H groups in total. The molecule has 1 saturated carbocycles. The van der Waals surface area contributed by atoms with Gasteiger partial charge in [-0.3, -0.25) is 0 Å². The summed E-state index contributed by atoms with van der Waals surface area (Å²) in [4.78, 5) is 24.8. The number of carbonyl (C=O) groups is 1. The number of aromatic amines is 1. The van der Waals surface area contributed by atoms with Crippen LogP contribution in [0.3, 0.4) is 0 Å². The number of rotatable bonds is 7. The fraction of sp³-hybridized carbons (Fsp3) is 0.500. The first-order chi connectivity index (χ1) is 12.7. The van der Waals surface area contributed by atoms with Crippen LogP contribution in [0.4, 0.5) is 10.6 Å². The molecule has 0 bridgehead atoms. The van der Waals surface area contributed by atoms with Crippen LogP contribution in [0.1, 0.15) is 30.9 Å². The van der Waals surface area contributed by atoms with Gasteiger partial charge in [0.1, 0.15) is 11.5 Å². The summed E-state index contributed by atoms with van der Waals surface area (Å²) in [6.45, 7) is 2.66. The van der Waals surface area contributed by atoms with Gasteiger partial charge in [-0.2, -0.15) is 0 Å². The number of imidazole rings is 1. The highest BCUT2D eigenvalue weighted by atomic mass is 16.4. The van der Waals surface area contributed by atoms with Crippen molar-refractivity contribution in [2.45, 2.75) is 31.2 Å². The molecular weight excluding hydrogens is 332 g/mol. The molecule has 3 heterocycles. The molecule has 0 spiro atoms. The summed E-state index contributed by atoms with van der Waals surface area (Å²) in [5.74, 6) is 2.27. The number of amides is 1. The average Bonchev–Trinajstić information content (AvgIpc) is 3.19. The number of pyridine rings is 1. The summed E-state index contributed by atoms with van der Waals surface area (Å²) in [7, 11) is 0. The third-order valence-corrected chi connectivity index (χ3v) is 4.93. The van der Waals surface area contributed by atoms with E-state index in [0.29, 0.717) is 19.0 Å². The molecule has 1 aliphatic heterocycles. The van der Waals surface area contributed by atoms with Gasteiger partial charge >= 0.3 is 6.09 Å². The molecule has 2 aliphatic rings. The molecule has 2 aromatic rings. The van der Waals surface area contributed by atoms with Gasteiger partial charge in [0.15, 0.2) is 5.82 Å². The number of H-pyrrole nitrogens is 1. The zero-order valence-corrected chi connectivity index (χ0v) is 14.6. The summed E-state index contributed by atoms with van der Waals surface area (Å²) in [5, 5.41) is 15.7. The molecule has 1 atom stereocenters. The summed E-state index contributed by atoms with van der Waals surface area (Å²) in [5.41, 5.74) is 2.04. The van der Waals surface area contributed by atoms with Crippen molar-refractivity contribution >= 4 is 11.9 Å². The van der Waals surface area contributed by atoms with Crippen LogP contribution in [0.5, 0.6) is 0 Å². The highest BCUT2D eigenvalue weighted by molar-refractivity contribution is 5.65. The molecule has 2 fully saturated rings. The lowest BCUT2D eigenvalue weighted by atomic mass is 10.2. The van der Waals surface area contributed by atoms with E-state index in [1.807, 2.05) is 24.4 Å². The van der Waals surface area contributed by atoms with Gasteiger partial charge in [0.25, 0.3) is 0 Å². The van der Waals surface area contributed by atoms with Crippen LogP contribution < -0.4 is 10.6 Å². The maximum atomic E-state index is 10.9. The average molecular weight is 356 g/mol. The van der Waals surface area contributed by atoms with Crippen molar-refractivity contribution in [2.24, 2.45) is 0 Å². The van der Waals surface area contributed by atoms with Gasteiger partial charge in [-0.05, 0) is 31.4 Å². The van der Waals surface area contributed by atoms with Crippen molar-refractivity contribution < 1.29 is 9.90 Å². The molecule has 8 heteroatoms. The molecule has 0 aromatic carbocycles. The summed E-state index contributed by atoms with van der Waals surface area (Å²) in [6, 6.07) is 6.10. The molecule has 4 rings (SSSR count). The lowest BCUT2D eigenvalue weighted by molar-refractivity contribution is 0.154. The number of hydrogen-bond donors (Lipinski definition) is 4. The van der Waals surface area contributed by atoms with Crippen LogP contribution in [0.25, 0.3) is 11.5 Å². The van der Waals surface area contributed by atoms with E-state index in [1.165, 1.54) is 23.4 Å². The first kappa shape index (κ1) is 16.8. The Labute approximate surface area is 152 Å². The second-order valence-corrected chi connectivity index (χ2v) is 6.96. The quantitative estimate of drug-likeness (QED) is 0.566. The van der Waals surface area contributed by atoms with Gasteiger partial charge < -0.3 is 25.6 Å². The van der Waals surface area contributed by atoms with Crippen molar-refractivity contribution in [1.29, 1.82) is 0 Å². The Morgan fingerprint density at radius 2 is 2.19 bits per heavy atom. The number of nitrogens with one attached hydrogen (secondary N) is 3. The minimum atomic E-state index is -0.837. The molecule has 1 amide bonds. The van der Waals surface area contributed by atoms with E-state index in [1.54, 1.807) is 0 Å². The maximum Gasteiger partial charge on any atom is 0.407 e. The fourth-order valence-corrected chi connectivity index (χ4v) is 3.30. The van der Waals surface area contributed by atoms with E-state index in [9.17, 15) is 4.79 Å². The van der Waals surface area contributed by atoms with Gasteiger partial charge in [-0.1, -0.05) is 6.07 Å². The monoisotopic (exact) mass is 356 g/mol. The first-order valence-corrected chi connectivity index (χ1v) is 9.16. The van der Waals surface area contributed by atoms with Crippen molar-refractivity contribution in [2.75, 3.05) is 31.5 Å². The Hall–Kier alpha value is -2.61. The Bertz CT molecular complexity index is 773. The molecule has 1 aliphatic carbocycles. The van der Waals surface area contributed by atoms with E-state index < -0.39 is 6.09 Å². The van der Waals surface area contributed by atoms with E-state index in [-0.39, 0.29) is 6.04 Å². The van der Waals surface area contributed by atoms with Crippen LogP contribution in [0, 0.1) is 0 Å². The van der Waals surface area contributed by atoms with Crippen molar-refractivity contribution in [3.63, 3.8) is 0 Å². The normalized spacial score (nSPS) is 19.7. The first-order valence-electron chi connectivity index (χ1n) is 9.16. The van der Waals surface area contributed by atoms with Crippen molar-refractivity contribution in [3.8, 4) is 11.5 Å². The summed E-state index contributed by atoms with van der Waals surface area (Å²) >= 11 is 0. The lowest BCUT2D eigenvalue weighted by Crippen LogP contribution is -2.36. The Morgan fingerprint density at radius 1 is 1.31 bits per heavy atom. The standard InChI is InChI=1S/C18H24N6O2/c25-18(26)24-9-6-13(11-24)19-7-8-20-16-3-1-2-14(22-16)17-21-10-15(23-17)12-4-5-12/h1-3,10,12-13,19H,4-9,11H2,(H,20,22)(H,21,23)(H,25,26). The van der Waals surface area contributed by atoms with Gasteiger partial charge in [-0.25, -0.2) is 14.8 Å². The number of anilines is 1. The molecule has 0 radical (unpaired) electrons. The van der Waals surface area contributed by atoms with Crippen LogP contribution in [-0.4, -0.2) is 63.3 Å². The van der Waals surface area contributed by atoms with E-state index in [4.69, 9.17) is 5.11 Å². The van der Waals surface area contributed by atoms with Crippen LogP contribution >= 0.6 is 0 Å². The summed E-state index contributed by atoms with van der Waals surface area (Å²) < 4.78 is 0. The van der Waals surface area contributed by atoms with Gasteiger partial charge in [0.2, 0.25) is 0 Å². The van der Waals surface area contributed by atoms with Crippen LogP contribution in [0.15, 0.2) is 24.4 Å². The Morgan fingerprint density at radius 3 is 2.96 bits per heavy atom. The van der Waals surface area contributed by atoms with Gasteiger partial charge in [0, 0.05) is 50.0 Å². The zero-order valence-electron chi connectivity index (χ0n) is 14.6. The highest BCUT2D eigenvalue weighted by Gasteiger charge is 2.26. The molecule has 26 heavy (non-hydrogen) atoms. The molecule has 138 valence electrons. The van der Waals surface area contributed by atoms with Crippen LogP contribution in [-0.2, 0) is 0 Å². The van der Waals surface area contributed by atoms with Crippen molar-refractivity contribution in [3.05, 3.63) is 30.1 Å².